The maximum absolute atomic E-state index is 6.86. The van der Waals surface area contributed by atoms with E-state index in [1.807, 2.05) is 0 Å². The van der Waals surface area contributed by atoms with Crippen LogP contribution in [0, 0.1) is 0 Å². The van der Waals surface area contributed by atoms with Gasteiger partial charge in [0.25, 0.3) is 0 Å². The van der Waals surface area contributed by atoms with E-state index in [2.05, 4.69) is 241 Å². The largest absolute Gasteiger partial charge is 0.455 e. The maximum atomic E-state index is 6.86. The van der Waals surface area contributed by atoms with Crippen LogP contribution in [-0.4, -0.2) is 0 Å². The number of benzene rings is 11. The van der Waals surface area contributed by atoms with Crippen molar-refractivity contribution < 1.29 is 8.83 Å². The van der Waals surface area contributed by atoms with Crippen LogP contribution in [0.1, 0.15) is 22.3 Å². The van der Waals surface area contributed by atoms with Crippen molar-refractivity contribution >= 4 is 82.5 Å². The summed E-state index contributed by atoms with van der Waals surface area (Å²) in [4.78, 5) is 2.42. The molecule has 3 heteroatoms. The molecule has 2 aromatic heterocycles. The van der Waals surface area contributed by atoms with E-state index in [0.29, 0.717) is 0 Å². The number of furan rings is 2. The van der Waals surface area contributed by atoms with Crippen LogP contribution >= 0.6 is 0 Å². The van der Waals surface area contributed by atoms with Gasteiger partial charge in [0, 0.05) is 60.9 Å². The summed E-state index contributed by atoms with van der Waals surface area (Å²) >= 11 is 0. The fraction of sp³-hybridized carbons (Fsp3) is 0.0159. The maximum Gasteiger partial charge on any atom is 0.143 e. The zero-order chi connectivity index (χ0) is 43.3. The lowest BCUT2D eigenvalue weighted by molar-refractivity contribution is 0.672. The molecule has 0 spiro atoms. The lowest BCUT2D eigenvalue weighted by atomic mass is 9.68. The number of para-hydroxylation sites is 1. The SMILES string of the molecule is c1ccc(C2(c3ccccc3)c3ccccc3-c3c(N(c4ccc(-c5cccc6c5oc5c7ccccc7ccc65)cc4)c4ccc5c(c4)oc4c6ccccc6ccc54)cccc32)cc1. The molecule has 1 aliphatic rings. The van der Waals surface area contributed by atoms with Gasteiger partial charge < -0.3 is 13.7 Å². The average molecular weight is 842 g/mol. The second-order valence-corrected chi connectivity index (χ2v) is 17.5. The molecule has 0 amide bonds. The normalized spacial score (nSPS) is 13.0. The van der Waals surface area contributed by atoms with E-state index < -0.39 is 5.41 Å². The second kappa shape index (κ2) is 14.2. The van der Waals surface area contributed by atoms with E-state index in [1.54, 1.807) is 0 Å². The van der Waals surface area contributed by atoms with Gasteiger partial charge in [0.15, 0.2) is 0 Å². The Labute approximate surface area is 381 Å². The first-order valence-corrected chi connectivity index (χ1v) is 22.7. The van der Waals surface area contributed by atoms with Crippen LogP contribution in [0.25, 0.3) is 87.7 Å². The summed E-state index contributed by atoms with van der Waals surface area (Å²) in [6, 6.07) is 85.7. The Morgan fingerprint density at radius 2 is 0.864 bits per heavy atom. The van der Waals surface area contributed by atoms with Crippen molar-refractivity contribution in [3.8, 4) is 22.3 Å². The van der Waals surface area contributed by atoms with Crippen molar-refractivity contribution in [3.05, 3.63) is 259 Å². The summed E-state index contributed by atoms with van der Waals surface area (Å²) in [5.41, 5.74) is 15.7. The van der Waals surface area contributed by atoms with E-state index in [4.69, 9.17) is 8.83 Å². The van der Waals surface area contributed by atoms with Gasteiger partial charge >= 0.3 is 0 Å². The molecule has 3 nitrogen and oxygen atoms in total. The topological polar surface area (TPSA) is 29.5 Å². The summed E-state index contributed by atoms with van der Waals surface area (Å²) in [5, 5.41) is 9.02. The van der Waals surface area contributed by atoms with E-state index in [1.165, 1.54) is 38.8 Å². The van der Waals surface area contributed by atoms with Gasteiger partial charge in [-0.05, 0) is 86.6 Å². The zero-order valence-corrected chi connectivity index (χ0v) is 35.8. The van der Waals surface area contributed by atoms with Crippen molar-refractivity contribution in [1.29, 1.82) is 0 Å². The van der Waals surface area contributed by atoms with E-state index in [-0.39, 0.29) is 0 Å². The first-order valence-electron chi connectivity index (χ1n) is 22.7. The highest BCUT2D eigenvalue weighted by molar-refractivity contribution is 6.18. The quantitative estimate of drug-likeness (QED) is 0.167. The van der Waals surface area contributed by atoms with Gasteiger partial charge in [-0.25, -0.2) is 0 Å². The van der Waals surface area contributed by atoms with Gasteiger partial charge in [-0.2, -0.15) is 0 Å². The monoisotopic (exact) mass is 841 g/mol. The number of hydrogen-bond donors (Lipinski definition) is 0. The molecule has 308 valence electrons. The van der Waals surface area contributed by atoms with Gasteiger partial charge in [-0.1, -0.05) is 188 Å². The molecule has 0 fully saturated rings. The minimum atomic E-state index is -0.541. The van der Waals surface area contributed by atoms with E-state index in [9.17, 15) is 0 Å². The van der Waals surface area contributed by atoms with Crippen LogP contribution < -0.4 is 4.90 Å². The fourth-order valence-electron chi connectivity index (χ4n) is 11.3. The molecule has 0 saturated heterocycles. The van der Waals surface area contributed by atoms with Crippen molar-refractivity contribution in [2.24, 2.45) is 0 Å². The Morgan fingerprint density at radius 1 is 0.333 bits per heavy atom. The van der Waals surface area contributed by atoms with Gasteiger partial charge in [-0.15, -0.1) is 0 Å². The van der Waals surface area contributed by atoms with Crippen molar-refractivity contribution in [2.75, 3.05) is 4.90 Å². The van der Waals surface area contributed by atoms with Crippen LogP contribution in [0.2, 0.25) is 0 Å². The highest BCUT2D eigenvalue weighted by atomic mass is 16.3. The Kier molecular flexibility index (Phi) is 7.90. The van der Waals surface area contributed by atoms with Gasteiger partial charge in [-0.3, -0.25) is 0 Å². The number of hydrogen-bond acceptors (Lipinski definition) is 3. The Hall–Kier alpha value is -8.66. The molecule has 11 aromatic carbocycles. The Balaban J connectivity index is 1.00. The highest BCUT2D eigenvalue weighted by Crippen LogP contribution is 2.59. The molecule has 1 aliphatic carbocycles. The molecule has 0 saturated carbocycles. The number of fused-ring (bicyclic) bond motifs is 13. The zero-order valence-electron chi connectivity index (χ0n) is 35.8. The molecule has 0 radical (unpaired) electrons. The van der Waals surface area contributed by atoms with Crippen molar-refractivity contribution in [2.45, 2.75) is 5.41 Å². The molecule has 14 rings (SSSR count). The average Bonchev–Trinajstić information content (AvgIpc) is 4.06. The van der Waals surface area contributed by atoms with E-state index in [0.717, 1.165) is 88.2 Å². The summed E-state index contributed by atoms with van der Waals surface area (Å²) in [5.74, 6) is 0. The van der Waals surface area contributed by atoms with Crippen LogP contribution in [0.5, 0.6) is 0 Å². The van der Waals surface area contributed by atoms with Crippen LogP contribution in [0.15, 0.2) is 245 Å². The third-order valence-electron chi connectivity index (χ3n) is 14.1. The van der Waals surface area contributed by atoms with Crippen molar-refractivity contribution in [1.82, 2.24) is 0 Å². The molecule has 13 aromatic rings. The molecule has 0 atom stereocenters. The predicted octanol–water partition coefficient (Wildman–Crippen LogP) is 17.3. The van der Waals surface area contributed by atoms with Gasteiger partial charge in [0.1, 0.15) is 22.3 Å². The first kappa shape index (κ1) is 36.8. The molecule has 0 N–H and O–H groups in total. The molecule has 0 bridgehead atoms. The predicted molar refractivity (Wildman–Crippen MR) is 273 cm³/mol. The third-order valence-corrected chi connectivity index (χ3v) is 14.1. The fourth-order valence-corrected chi connectivity index (χ4v) is 11.3. The van der Waals surface area contributed by atoms with Crippen LogP contribution in [-0.2, 0) is 5.41 Å². The molecule has 66 heavy (non-hydrogen) atoms. The Bertz CT molecular complexity index is 4010. The molecular formula is C63H39NO2. The molecule has 2 heterocycles. The lowest BCUT2D eigenvalue weighted by Crippen LogP contribution is -2.28. The molecule has 0 unspecified atom stereocenters. The first-order chi connectivity index (χ1) is 32.7. The lowest BCUT2D eigenvalue weighted by Gasteiger charge is -2.34. The van der Waals surface area contributed by atoms with Gasteiger partial charge in [0.2, 0.25) is 0 Å². The minimum Gasteiger partial charge on any atom is -0.455 e. The summed E-state index contributed by atoms with van der Waals surface area (Å²) < 4.78 is 13.7. The standard InChI is InChI=1S/C63H39NO2/c1-3-17-43(18-4-1)63(44-19-5-2-6-20-44)55-26-12-11-23-54(55)59-56(63)27-14-28-57(59)64(46-35-38-50-52-36-31-40-15-7-9-21-47(40)60(52)65-58(50)39-46)45-33-29-42(30-34-45)49-24-13-25-51-53-37-32-41-16-8-10-22-48(41)62(53)66-61(49)51/h1-39H. The Morgan fingerprint density at radius 3 is 1.59 bits per heavy atom. The highest BCUT2D eigenvalue weighted by Gasteiger charge is 2.47. The smallest absolute Gasteiger partial charge is 0.143 e. The number of nitrogens with zero attached hydrogens (tertiary/aromatic N) is 1. The minimum absolute atomic E-state index is 0.541. The summed E-state index contributed by atoms with van der Waals surface area (Å²) in [7, 11) is 0. The second-order valence-electron chi connectivity index (χ2n) is 17.5. The van der Waals surface area contributed by atoms with E-state index >= 15 is 0 Å². The molecule has 0 aliphatic heterocycles. The van der Waals surface area contributed by atoms with Gasteiger partial charge in [0.05, 0.1) is 11.1 Å². The third kappa shape index (κ3) is 5.20. The summed E-state index contributed by atoms with van der Waals surface area (Å²) in [6.45, 7) is 0. The number of anilines is 3. The summed E-state index contributed by atoms with van der Waals surface area (Å²) in [6.07, 6.45) is 0. The number of rotatable bonds is 6. The van der Waals surface area contributed by atoms with Crippen LogP contribution in [0.4, 0.5) is 17.1 Å². The van der Waals surface area contributed by atoms with Crippen molar-refractivity contribution in [3.63, 3.8) is 0 Å². The van der Waals surface area contributed by atoms with Crippen LogP contribution in [0.3, 0.4) is 0 Å². The molecular weight excluding hydrogens is 803 g/mol.